The highest BCUT2D eigenvalue weighted by Crippen LogP contribution is 2.39. The number of nitrogens with zero attached hydrogens (tertiary/aromatic N) is 4. The molecule has 4 aromatic heterocycles. The quantitative estimate of drug-likeness (QED) is 0.210. The number of pyridine rings is 4. The molecule has 4 heteroatoms. The van der Waals surface area contributed by atoms with E-state index in [0.717, 1.165) is 45.0 Å². The standard InChI is InChI=1S/C38H24N4/c1-2-8-32-31(7-1)33(37-24-28(16-20-42-37)35-10-4-6-18-40-35)22-29-12-11-25-21-26(13-14-30(25)38(29)32)36-23-27(15-19-41-36)34-9-3-5-17-39-34/h1-24H. The maximum atomic E-state index is 4.79. The summed E-state index contributed by atoms with van der Waals surface area (Å²) in [5, 5.41) is 7.22. The van der Waals surface area contributed by atoms with Gasteiger partial charge in [0.2, 0.25) is 0 Å². The molecular weight excluding hydrogens is 512 g/mol. The Morgan fingerprint density at radius 1 is 0.333 bits per heavy atom. The van der Waals surface area contributed by atoms with Gasteiger partial charge in [0.1, 0.15) is 0 Å². The van der Waals surface area contributed by atoms with Crippen LogP contribution >= 0.6 is 0 Å². The first-order valence-corrected chi connectivity index (χ1v) is 14.0. The summed E-state index contributed by atoms with van der Waals surface area (Å²) in [5.74, 6) is 0. The van der Waals surface area contributed by atoms with Crippen molar-refractivity contribution in [3.8, 4) is 45.0 Å². The van der Waals surface area contributed by atoms with Gasteiger partial charge in [-0.1, -0.05) is 60.7 Å². The second kappa shape index (κ2) is 10.0. The van der Waals surface area contributed by atoms with Crippen LogP contribution in [0.5, 0.6) is 0 Å². The first-order valence-electron chi connectivity index (χ1n) is 14.0. The Bertz CT molecular complexity index is 2240. The second-order valence-corrected chi connectivity index (χ2v) is 10.4. The lowest BCUT2D eigenvalue weighted by Crippen LogP contribution is -1.91. The van der Waals surface area contributed by atoms with Crippen LogP contribution in [0, 0.1) is 0 Å². The highest BCUT2D eigenvalue weighted by Gasteiger charge is 2.14. The zero-order valence-electron chi connectivity index (χ0n) is 22.6. The lowest BCUT2D eigenvalue weighted by atomic mass is 9.91. The van der Waals surface area contributed by atoms with Crippen molar-refractivity contribution in [1.29, 1.82) is 0 Å². The maximum Gasteiger partial charge on any atom is 0.0715 e. The maximum absolute atomic E-state index is 4.79. The first-order chi connectivity index (χ1) is 20.8. The highest BCUT2D eigenvalue weighted by atomic mass is 14.7. The van der Waals surface area contributed by atoms with Gasteiger partial charge in [-0.25, -0.2) is 0 Å². The average Bonchev–Trinajstić information content (AvgIpc) is 3.08. The van der Waals surface area contributed by atoms with E-state index in [1.54, 1.807) is 0 Å². The van der Waals surface area contributed by atoms with Crippen LogP contribution < -0.4 is 0 Å². The summed E-state index contributed by atoms with van der Waals surface area (Å²) in [4.78, 5) is 18.5. The Labute approximate surface area is 243 Å². The Morgan fingerprint density at radius 3 is 1.64 bits per heavy atom. The van der Waals surface area contributed by atoms with E-state index in [0.29, 0.717) is 0 Å². The summed E-state index contributed by atoms with van der Waals surface area (Å²) in [6, 6.07) is 42.2. The Balaban J connectivity index is 1.28. The number of benzene rings is 4. The fourth-order valence-electron chi connectivity index (χ4n) is 5.86. The van der Waals surface area contributed by atoms with Crippen molar-refractivity contribution in [3.05, 3.63) is 146 Å². The minimum Gasteiger partial charge on any atom is -0.256 e. The summed E-state index contributed by atoms with van der Waals surface area (Å²) < 4.78 is 0. The SMILES string of the molecule is c1ccc(-c2ccnc(-c3ccc4c(ccc5cc(-c6cc(-c7ccccn7)ccn6)c6ccccc6c54)c3)c2)nc1. The molecule has 0 amide bonds. The predicted molar refractivity (Wildman–Crippen MR) is 172 cm³/mol. The smallest absolute Gasteiger partial charge is 0.0715 e. The van der Waals surface area contributed by atoms with Gasteiger partial charge in [-0.15, -0.1) is 0 Å². The predicted octanol–water partition coefficient (Wildman–Crippen LogP) is 9.39. The monoisotopic (exact) mass is 536 g/mol. The van der Waals surface area contributed by atoms with Crippen LogP contribution in [0.4, 0.5) is 0 Å². The first kappa shape index (κ1) is 24.1. The zero-order valence-corrected chi connectivity index (χ0v) is 22.6. The third kappa shape index (κ3) is 4.18. The number of hydrogen-bond donors (Lipinski definition) is 0. The van der Waals surface area contributed by atoms with E-state index < -0.39 is 0 Å². The molecule has 0 aliphatic rings. The van der Waals surface area contributed by atoms with E-state index in [2.05, 4.69) is 87.7 Å². The molecule has 4 nitrogen and oxygen atoms in total. The van der Waals surface area contributed by atoms with Crippen molar-refractivity contribution < 1.29 is 0 Å². The van der Waals surface area contributed by atoms with Crippen LogP contribution in [-0.2, 0) is 0 Å². The molecule has 0 atom stereocenters. The van der Waals surface area contributed by atoms with Crippen molar-refractivity contribution in [3.63, 3.8) is 0 Å². The molecule has 0 fully saturated rings. The van der Waals surface area contributed by atoms with Crippen molar-refractivity contribution >= 4 is 32.3 Å². The van der Waals surface area contributed by atoms with E-state index in [9.17, 15) is 0 Å². The lowest BCUT2D eigenvalue weighted by Gasteiger charge is -2.14. The van der Waals surface area contributed by atoms with E-state index in [1.165, 1.54) is 32.3 Å². The van der Waals surface area contributed by atoms with Crippen LogP contribution in [0.2, 0.25) is 0 Å². The van der Waals surface area contributed by atoms with E-state index >= 15 is 0 Å². The molecule has 8 rings (SSSR count). The third-order valence-corrected chi connectivity index (χ3v) is 7.85. The minimum atomic E-state index is 0.930. The fourth-order valence-corrected chi connectivity index (χ4v) is 5.86. The van der Waals surface area contributed by atoms with Crippen molar-refractivity contribution in [2.45, 2.75) is 0 Å². The van der Waals surface area contributed by atoms with Gasteiger partial charge < -0.3 is 0 Å². The van der Waals surface area contributed by atoms with Gasteiger partial charge in [0.05, 0.1) is 22.8 Å². The topological polar surface area (TPSA) is 51.6 Å². The van der Waals surface area contributed by atoms with Crippen LogP contribution in [0.25, 0.3) is 77.3 Å². The van der Waals surface area contributed by atoms with Gasteiger partial charge in [0.15, 0.2) is 0 Å². The lowest BCUT2D eigenvalue weighted by molar-refractivity contribution is 1.29. The van der Waals surface area contributed by atoms with Gasteiger partial charge in [0, 0.05) is 47.0 Å². The Hall–Kier alpha value is -5.74. The molecule has 0 saturated carbocycles. The van der Waals surface area contributed by atoms with Crippen LogP contribution in [-0.4, -0.2) is 19.9 Å². The molecule has 8 aromatic rings. The summed E-state index contributed by atoms with van der Waals surface area (Å²) in [6.45, 7) is 0. The van der Waals surface area contributed by atoms with Crippen LogP contribution in [0.3, 0.4) is 0 Å². The molecule has 196 valence electrons. The van der Waals surface area contributed by atoms with Crippen molar-refractivity contribution in [2.75, 3.05) is 0 Å². The summed E-state index contributed by atoms with van der Waals surface area (Å²) in [5.41, 5.74) is 8.04. The number of fused-ring (bicyclic) bond motifs is 5. The molecule has 0 aliphatic heterocycles. The Kier molecular flexibility index (Phi) is 5.75. The van der Waals surface area contributed by atoms with Crippen LogP contribution in [0.15, 0.2) is 146 Å². The number of aromatic nitrogens is 4. The third-order valence-electron chi connectivity index (χ3n) is 7.85. The molecule has 42 heavy (non-hydrogen) atoms. The largest absolute Gasteiger partial charge is 0.256 e. The summed E-state index contributed by atoms with van der Waals surface area (Å²) in [6.07, 6.45) is 7.37. The number of hydrogen-bond acceptors (Lipinski definition) is 4. The molecule has 4 heterocycles. The normalized spacial score (nSPS) is 11.3. The van der Waals surface area contributed by atoms with Gasteiger partial charge in [0.25, 0.3) is 0 Å². The summed E-state index contributed by atoms with van der Waals surface area (Å²) >= 11 is 0. The van der Waals surface area contributed by atoms with Gasteiger partial charge in [-0.05, 0) is 93.0 Å². The molecule has 0 bridgehead atoms. The Morgan fingerprint density at radius 2 is 0.929 bits per heavy atom. The molecule has 0 spiro atoms. The van der Waals surface area contributed by atoms with Gasteiger partial charge in [-0.2, -0.15) is 0 Å². The van der Waals surface area contributed by atoms with Crippen molar-refractivity contribution in [1.82, 2.24) is 19.9 Å². The molecule has 0 radical (unpaired) electrons. The molecule has 0 unspecified atom stereocenters. The van der Waals surface area contributed by atoms with Crippen molar-refractivity contribution in [2.24, 2.45) is 0 Å². The van der Waals surface area contributed by atoms with E-state index in [1.807, 2.05) is 73.3 Å². The van der Waals surface area contributed by atoms with Gasteiger partial charge >= 0.3 is 0 Å². The minimum absolute atomic E-state index is 0.930. The highest BCUT2D eigenvalue weighted by molar-refractivity contribution is 6.23. The molecule has 0 aliphatic carbocycles. The zero-order chi connectivity index (χ0) is 27.9. The fraction of sp³-hybridized carbons (Fsp3) is 0. The van der Waals surface area contributed by atoms with E-state index in [-0.39, 0.29) is 0 Å². The van der Waals surface area contributed by atoms with E-state index in [4.69, 9.17) is 4.98 Å². The second-order valence-electron chi connectivity index (χ2n) is 10.4. The van der Waals surface area contributed by atoms with Crippen LogP contribution in [0.1, 0.15) is 0 Å². The summed E-state index contributed by atoms with van der Waals surface area (Å²) in [7, 11) is 0. The number of rotatable bonds is 4. The molecular formula is C38H24N4. The molecule has 0 saturated heterocycles. The molecule has 4 aromatic carbocycles. The molecule has 0 N–H and O–H groups in total. The van der Waals surface area contributed by atoms with Gasteiger partial charge in [-0.3, -0.25) is 19.9 Å². The average molecular weight is 537 g/mol.